The summed E-state index contributed by atoms with van der Waals surface area (Å²) in [4.78, 5) is 0. The lowest BCUT2D eigenvalue weighted by molar-refractivity contribution is 0.469. The Morgan fingerprint density at radius 2 is 1.12 bits per heavy atom. The molecule has 0 spiro atoms. The zero-order valence-electron chi connectivity index (χ0n) is 12.8. The number of ether oxygens (including phenoxy) is 1. The van der Waals surface area contributed by atoms with Crippen molar-refractivity contribution in [2.24, 2.45) is 0 Å². The average Bonchev–Trinajstić information content (AvgIpc) is 2.59. The van der Waals surface area contributed by atoms with Crippen molar-refractivity contribution in [1.82, 2.24) is 0 Å². The summed E-state index contributed by atoms with van der Waals surface area (Å²) in [5, 5.41) is 23.3. The van der Waals surface area contributed by atoms with Crippen LogP contribution in [0.25, 0.3) is 21.5 Å². The van der Waals surface area contributed by atoms with Crippen LogP contribution in [0.4, 0.5) is 0 Å². The molecule has 0 saturated carbocycles. The summed E-state index contributed by atoms with van der Waals surface area (Å²) in [6.07, 6.45) is 0.804. The lowest BCUT2D eigenvalue weighted by atomic mass is 9.94. The molecule has 0 aromatic heterocycles. The molecule has 0 unspecified atom stereocenters. The lowest BCUT2D eigenvalue weighted by Gasteiger charge is -2.23. The SMILES string of the molecule is Oc1ccc2c3c(ccc2c1)Cc1ccc2cc(O)ccc2c1O3. The monoisotopic (exact) mass is 314 g/mol. The molecule has 0 bridgehead atoms. The summed E-state index contributed by atoms with van der Waals surface area (Å²) in [6, 6.07) is 18.8. The number of hydrogen-bond acceptors (Lipinski definition) is 3. The Labute approximate surface area is 138 Å². The highest BCUT2D eigenvalue weighted by atomic mass is 16.5. The number of phenolic OH excluding ortho intramolecular Hbond substituents is 2. The van der Waals surface area contributed by atoms with Gasteiger partial charge in [-0.05, 0) is 58.3 Å². The second-order valence-electron chi connectivity index (χ2n) is 6.20. The lowest BCUT2D eigenvalue weighted by Crippen LogP contribution is -2.04. The van der Waals surface area contributed by atoms with Crippen LogP contribution in [0.5, 0.6) is 23.0 Å². The van der Waals surface area contributed by atoms with Crippen molar-refractivity contribution in [2.75, 3.05) is 0 Å². The summed E-state index contributed by atoms with van der Waals surface area (Å²) >= 11 is 0. The molecule has 3 heteroatoms. The van der Waals surface area contributed by atoms with E-state index in [1.54, 1.807) is 24.3 Å². The van der Waals surface area contributed by atoms with Crippen LogP contribution in [0.3, 0.4) is 0 Å². The first kappa shape index (κ1) is 13.3. The zero-order valence-corrected chi connectivity index (χ0v) is 12.8. The van der Waals surface area contributed by atoms with Crippen molar-refractivity contribution in [1.29, 1.82) is 0 Å². The van der Waals surface area contributed by atoms with E-state index < -0.39 is 0 Å². The third-order valence-corrected chi connectivity index (χ3v) is 4.66. The number of phenols is 2. The topological polar surface area (TPSA) is 49.7 Å². The fourth-order valence-corrected chi connectivity index (χ4v) is 3.49. The van der Waals surface area contributed by atoms with Gasteiger partial charge >= 0.3 is 0 Å². The highest BCUT2D eigenvalue weighted by Gasteiger charge is 2.21. The maximum Gasteiger partial charge on any atom is 0.138 e. The van der Waals surface area contributed by atoms with Gasteiger partial charge in [-0.3, -0.25) is 0 Å². The molecular formula is C21H14O3. The van der Waals surface area contributed by atoms with Crippen LogP contribution in [0.1, 0.15) is 11.1 Å². The Morgan fingerprint density at radius 3 is 1.62 bits per heavy atom. The molecule has 1 aliphatic rings. The zero-order chi connectivity index (χ0) is 16.3. The molecule has 3 nitrogen and oxygen atoms in total. The largest absolute Gasteiger partial charge is 0.508 e. The van der Waals surface area contributed by atoms with Gasteiger partial charge in [0.25, 0.3) is 0 Å². The molecule has 116 valence electrons. The van der Waals surface area contributed by atoms with Crippen molar-refractivity contribution < 1.29 is 14.9 Å². The Morgan fingerprint density at radius 1 is 0.625 bits per heavy atom. The number of benzene rings is 4. The summed E-state index contributed by atoms with van der Waals surface area (Å²) in [5.74, 6) is 2.19. The van der Waals surface area contributed by atoms with Crippen molar-refractivity contribution >= 4 is 21.5 Å². The molecule has 5 rings (SSSR count). The van der Waals surface area contributed by atoms with Gasteiger partial charge < -0.3 is 14.9 Å². The molecule has 0 saturated heterocycles. The second kappa shape index (κ2) is 4.65. The fraction of sp³-hybridized carbons (Fsp3) is 0.0476. The van der Waals surface area contributed by atoms with Crippen molar-refractivity contribution in [3.63, 3.8) is 0 Å². The Bertz CT molecular complexity index is 1040. The smallest absolute Gasteiger partial charge is 0.138 e. The van der Waals surface area contributed by atoms with Gasteiger partial charge in [0.2, 0.25) is 0 Å². The molecule has 0 fully saturated rings. The van der Waals surface area contributed by atoms with E-state index in [1.165, 1.54) is 0 Å². The second-order valence-corrected chi connectivity index (χ2v) is 6.20. The van der Waals surface area contributed by atoms with Gasteiger partial charge in [-0.15, -0.1) is 0 Å². The maximum atomic E-state index is 9.69. The minimum atomic E-state index is 0.250. The van der Waals surface area contributed by atoms with E-state index >= 15 is 0 Å². The van der Waals surface area contributed by atoms with Crippen LogP contribution in [-0.2, 0) is 6.42 Å². The van der Waals surface area contributed by atoms with Gasteiger partial charge in [-0.1, -0.05) is 24.3 Å². The maximum absolute atomic E-state index is 9.69. The van der Waals surface area contributed by atoms with Crippen molar-refractivity contribution in [2.45, 2.75) is 6.42 Å². The normalized spacial score (nSPS) is 12.7. The third kappa shape index (κ3) is 1.85. The van der Waals surface area contributed by atoms with E-state index in [2.05, 4.69) is 12.1 Å². The van der Waals surface area contributed by atoms with E-state index in [0.717, 1.165) is 50.6 Å². The van der Waals surface area contributed by atoms with Crippen LogP contribution < -0.4 is 4.74 Å². The first-order chi connectivity index (χ1) is 11.7. The summed E-state index contributed by atoms with van der Waals surface area (Å²) in [5.41, 5.74) is 2.28. The molecule has 4 aromatic carbocycles. The summed E-state index contributed by atoms with van der Waals surface area (Å²) in [7, 11) is 0. The van der Waals surface area contributed by atoms with E-state index in [1.807, 2.05) is 24.3 Å². The molecule has 0 radical (unpaired) electrons. The van der Waals surface area contributed by atoms with Crippen LogP contribution in [0.15, 0.2) is 60.7 Å². The van der Waals surface area contributed by atoms with Gasteiger partial charge in [0, 0.05) is 17.2 Å². The molecule has 1 heterocycles. The molecule has 2 N–H and O–H groups in total. The Hall–Kier alpha value is -3.20. The quantitative estimate of drug-likeness (QED) is 0.418. The number of fused-ring (bicyclic) bond motifs is 6. The van der Waals surface area contributed by atoms with Crippen LogP contribution in [0, 0.1) is 0 Å². The van der Waals surface area contributed by atoms with Gasteiger partial charge in [-0.25, -0.2) is 0 Å². The number of hydrogen-bond donors (Lipinski definition) is 2. The molecule has 0 amide bonds. The standard InChI is InChI=1S/C21H14O3/c22-16-5-7-18-12(10-16)1-3-14-9-15-4-2-13-11-17(23)6-8-19(13)21(15)24-20(14)18/h1-8,10-11,22-23H,9H2. The molecular weight excluding hydrogens is 300 g/mol. The summed E-state index contributed by atoms with van der Waals surface area (Å²) in [6.45, 7) is 0. The molecule has 24 heavy (non-hydrogen) atoms. The molecule has 1 aliphatic heterocycles. The van der Waals surface area contributed by atoms with Crippen LogP contribution in [-0.4, -0.2) is 10.2 Å². The van der Waals surface area contributed by atoms with Gasteiger partial charge in [0.15, 0.2) is 0 Å². The summed E-state index contributed by atoms with van der Waals surface area (Å²) < 4.78 is 6.32. The molecule has 4 aromatic rings. The number of rotatable bonds is 0. The molecule has 0 atom stereocenters. The Kier molecular flexibility index (Phi) is 2.57. The van der Waals surface area contributed by atoms with Crippen molar-refractivity contribution in [3.8, 4) is 23.0 Å². The van der Waals surface area contributed by atoms with E-state index in [4.69, 9.17) is 4.74 Å². The van der Waals surface area contributed by atoms with E-state index in [0.29, 0.717) is 0 Å². The Balaban J connectivity index is 1.76. The van der Waals surface area contributed by atoms with Gasteiger partial charge in [-0.2, -0.15) is 0 Å². The predicted molar refractivity (Wildman–Crippen MR) is 94.1 cm³/mol. The van der Waals surface area contributed by atoms with Gasteiger partial charge in [0.05, 0.1) is 0 Å². The van der Waals surface area contributed by atoms with Crippen molar-refractivity contribution in [3.05, 3.63) is 71.8 Å². The fourth-order valence-electron chi connectivity index (χ4n) is 3.49. The van der Waals surface area contributed by atoms with Crippen LogP contribution >= 0.6 is 0 Å². The number of aromatic hydroxyl groups is 2. The first-order valence-electron chi connectivity index (χ1n) is 7.86. The first-order valence-corrected chi connectivity index (χ1v) is 7.86. The van der Waals surface area contributed by atoms with Crippen LogP contribution in [0.2, 0.25) is 0 Å². The highest BCUT2D eigenvalue weighted by Crippen LogP contribution is 2.45. The highest BCUT2D eigenvalue weighted by molar-refractivity contribution is 5.95. The molecule has 0 aliphatic carbocycles. The minimum absolute atomic E-state index is 0.250. The van der Waals surface area contributed by atoms with E-state index in [-0.39, 0.29) is 11.5 Å². The predicted octanol–water partition coefficient (Wildman–Crippen LogP) is 5.10. The average molecular weight is 314 g/mol. The third-order valence-electron chi connectivity index (χ3n) is 4.66. The van der Waals surface area contributed by atoms with Gasteiger partial charge in [0.1, 0.15) is 23.0 Å². The van der Waals surface area contributed by atoms with E-state index in [9.17, 15) is 10.2 Å². The minimum Gasteiger partial charge on any atom is -0.508 e.